The fourth-order valence-electron chi connectivity index (χ4n) is 5.61. The van der Waals surface area contributed by atoms with E-state index in [1.807, 2.05) is 18.2 Å². The van der Waals surface area contributed by atoms with E-state index >= 15 is 0 Å². The largest absolute Gasteiger partial charge is 0.407 e. The van der Waals surface area contributed by atoms with E-state index < -0.39 is 8.32 Å². The molecule has 1 aliphatic rings. The highest BCUT2D eigenvalue weighted by Gasteiger charge is 2.50. The molecule has 1 fully saturated rings. The van der Waals surface area contributed by atoms with Crippen LogP contribution in [-0.2, 0) is 20.6 Å². The lowest BCUT2D eigenvalue weighted by atomic mass is 9.90. The lowest BCUT2D eigenvalue weighted by Crippen LogP contribution is -2.66. The highest BCUT2D eigenvalue weighted by Crippen LogP contribution is 2.37. The number of halogens is 1. The van der Waals surface area contributed by atoms with E-state index in [0.29, 0.717) is 26.2 Å². The second-order valence-corrected chi connectivity index (χ2v) is 15.9. The summed E-state index contributed by atoms with van der Waals surface area (Å²) >= 11 is 6.55. The van der Waals surface area contributed by atoms with Gasteiger partial charge in [-0.05, 0) is 46.7 Å². The van der Waals surface area contributed by atoms with E-state index in [4.69, 9.17) is 20.9 Å². The quantitative estimate of drug-likeness (QED) is 0.159. The molecular formula is C32H40ClNO3Si. The molecule has 0 radical (unpaired) electrons. The predicted octanol–water partition coefficient (Wildman–Crippen LogP) is 6.32. The number of amides is 1. The molecule has 202 valence electrons. The van der Waals surface area contributed by atoms with Crippen LogP contribution < -0.4 is 10.4 Å². The Hall–Kier alpha value is -2.44. The number of ether oxygens (including phenoxy) is 1. The maximum absolute atomic E-state index is 13.2. The third kappa shape index (κ3) is 6.57. The van der Waals surface area contributed by atoms with Crippen LogP contribution in [0.15, 0.2) is 91.0 Å². The van der Waals surface area contributed by atoms with Gasteiger partial charge >= 0.3 is 0 Å². The van der Waals surface area contributed by atoms with Crippen LogP contribution >= 0.6 is 11.8 Å². The molecule has 38 heavy (non-hydrogen) atoms. The van der Waals surface area contributed by atoms with Crippen LogP contribution in [0.2, 0.25) is 5.04 Å². The fraction of sp³-hybridized carbons (Fsp3) is 0.406. The van der Waals surface area contributed by atoms with Gasteiger partial charge in [0.2, 0.25) is 5.91 Å². The Morgan fingerprint density at radius 3 is 1.92 bits per heavy atom. The first-order valence-electron chi connectivity index (χ1n) is 13.7. The zero-order valence-corrected chi connectivity index (χ0v) is 24.6. The van der Waals surface area contributed by atoms with Crippen molar-refractivity contribution in [1.82, 2.24) is 4.42 Å². The molecule has 4 nitrogen and oxygen atoms in total. The van der Waals surface area contributed by atoms with Crippen LogP contribution in [0.4, 0.5) is 0 Å². The molecule has 0 saturated carbocycles. The number of piperidine rings is 1. The minimum atomic E-state index is -2.61. The van der Waals surface area contributed by atoms with Crippen molar-refractivity contribution >= 4 is 36.4 Å². The predicted molar refractivity (Wildman–Crippen MR) is 158 cm³/mol. The number of rotatable bonds is 11. The van der Waals surface area contributed by atoms with Crippen LogP contribution in [0.3, 0.4) is 0 Å². The van der Waals surface area contributed by atoms with Crippen molar-refractivity contribution < 1.29 is 14.0 Å². The van der Waals surface area contributed by atoms with Gasteiger partial charge in [0, 0.05) is 30.9 Å². The topological polar surface area (TPSA) is 38.8 Å². The number of carbonyl (C=O) groups excluding carboxylic acids is 1. The summed E-state index contributed by atoms with van der Waals surface area (Å²) in [6, 6.07) is 31.4. The Bertz CT molecular complexity index is 1100. The van der Waals surface area contributed by atoms with E-state index in [1.54, 1.807) is 0 Å². The van der Waals surface area contributed by atoms with Gasteiger partial charge in [0.15, 0.2) is 0 Å². The summed E-state index contributed by atoms with van der Waals surface area (Å²) in [6.45, 7) is 8.50. The van der Waals surface area contributed by atoms with Crippen LogP contribution in [0, 0.1) is 5.92 Å². The summed E-state index contributed by atoms with van der Waals surface area (Å²) in [5.74, 6) is -0.107. The summed E-state index contributed by atoms with van der Waals surface area (Å²) in [6.07, 6.45) is 3.13. The number of benzene rings is 3. The molecule has 0 spiro atoms. The standard InChI is InChI=1S/C32H40ClNO3Si/c1-32(2,3)38(29-15-9-5-10-16-29,30-17-11-6-12-18-30)37-24-21-27-19-20-28(34(33)31(27)35)22-23-36-25-26-13-7-4-8-14-26/h4-18,27-28H,19-25H2,1-3H3. The van der Waals surface area contributed by atoms with Crippen molar-refractivity contribution in [3.8, 4) is 0 Å². The van der Waals surface area contributed by atoms with Crippen molar-refractivity contribution in [2.45, 2.75) is 64.1 Å². The van der Waals surface area contributed by atoms with Crippen LogP contribution in [0.25, 0.3) is 0 Å². The molecule has 4 rings (SSSR count). The minimum Gasteiger partial charge on any atom is -0.407 e. The maximum Gasteiger partial charge on any atom is 0.261 e. The normalized spacial score (nSPS) is 18.5. The maximum atomic E-state index is 13.2. The lowest BCUT2D eigenvalue weighted by molar-refractivity contribution is -0.136. The highest BCUT2D eigenvalue weighted by atomic mass is 35.5. The van der Waals surface area contributed by atoms with Gasteiger partial charge in [0.25, 0.3) is 8.32 Å². The SMILES string of the molecule is CC(C)(C)[Si](OCCC1CCC(CCOCc2ccccc2)N(Cl)C1=O)(c1ccccc1)c1ccccc1. The average molecular weight is 550 g/mol. The van der Waals surface area contributed by atoms with Crippen LogP contribution in [-0.4, -0.2) is 37.9 Å². The monoisotopic (exact) mass is 549 g/mol. The molecule has 1 aliphatic heterocycles. The van der Waals surface area contributed by atoms with Gasteiger partial charge in [0.05, 0.1) is 12.6 Å². The average Bonchev–Trinajstić information content (AvgIpc) is 2.93. The molecule has 3 aromatic carbocycles. The summed E-state index contributed by atoms with van der Waals surface area (Å²) in [5, 5.41) is 2.42. The van der Waals surface area contributed by atoms with E-state index in [-0.39, 0.29) is 22.9 Å². The minimum absolute atomic E-state index is 0.00814. The summed E-state index contributed by atoms with van der Waals surface area (Å²) < 4.78 is 14.3. The first kappa shape index (κ1) is 28.6. The Kier molecular flexibility index (Phi) is 9.83. The number of carbonyl (C=O) groups is 1. The molecule has 0 bridgehead atoms. The molecule has 6 heteroatoms. The second kappa shape index (κ2) is 13.1. The van der Waals surface area contributed by atoms with Crippen LogP contribution in [0.5, 0.6) is 0 Å². The molecule has 3 aromatic rings. The Labute approximate surface area is 234 Å². The van der Waals surface area contributed by atoms with Gasteiger partial charge in [-0.3, -0.25) is 9.21 Å². The van der Waals surface area contributed by atoms with Crippen molar-refractivity contribution in [3.05, 3.63) is 96.6 Å². The number of hydrogen-bond donors (Lipinski definition) is 0. The van der Waals surface area contributed by atoms with Gasteiger partial charge in [0.1, 0.15) is 0 Å². The molecular weight excluding hydrogens is 510 g/mol. The van der Waals surface area contributed by atoms with Gasteiger partial charge in [-0.25, -0.2) is 0 Å². The molecule has 1 saturated heterocycles. The van der Waals surface area contributed by atoms with Crippen LogP contribution in [0.1, 0.15) is 52.0 Å². The van der Waals surface area contributed by atoms with Gasteiger partial charge in [-0.1, -0.05) is 112 Å². The molecule has 0 aromatic heterocycles. The zero-order chi connectivity index (χ0) is 27.0. The van der Waals surface area contributed by atoms with E-state index in [9.17, 15) is 4.79 Å². The Morgan fingerprint density at radius 2 is 1.37 bits per heavy atom. The van der Waals surface area contributed by atoms with E-state index in [0.717, 1.165) is 24.8 Å². The molecule has 2 atom stereocenters. The molecule has 2 unspecified atom stereocenters. The lowest BCUT2D eigenvalue weighted by Gasteiger charge is -2.43. The molecule has 0 N–H and O–H groups in total. The third-order valence-electron chi connectivity index (χ3n) is 7.64. The zero-order valence-electron chi connectivity index (χ0n) is 22.8. The van der Waals surface area contributed by atoms with Gasteiger partial charge < -0.3 is 9.16 Å². The summed E-state index contributed by atoms with van der Waals surface area (Å²) in [5.41, 5.74) is 1.15. The first-order chi connectivity index (χ1) is 18.3. The summed E-state index contributed by atoms with van der Waals surface area (Å²) in [4.78, 5) is 13.2. The van der Waals surface area contributed by atoms with Crippen molar-refractivity contribution in [3.63, 3.8) is 0 Å². The second-order valence-electron chi connectivity index (χ2n) is 11.2. The van der Waals surface area contributed by atoms with Gasteiger partial charge in [-0.15, -0.1) is 0 Å². The summed E-state index contributed by atoms with van der Waals surface area (Å²) in [7, 11) is -2.61. The Balaban J connectivity index is 1.37. The smallest absolute Gasteiger partial charge is 0.261 e. The van der Waals surface area contributed by atoms with Crippen molar-refractivity contribution in [2.24, 2.45) is 5.92 Å². The molecule has 1 heterocycles. The van der Waals surface area contributed by atoms with Gasteiger partial charge in [-0.2, -0.15) is 0 Å². The molecule has 0 aliphatic carbocycles. The molecule has 1 amide bonds. The van der Waals surface area contributed by atoms with E-state index in [1.165, 1.54) is 14.8 Å². The van der Waals surface area contributed by atoms with Crippen molar-refractivity contribution in [1.29, 1.82) is 0 Å². The van der Waals surface area contributed by atoms with E-state index in [2.05, 4.69) is 93.6 Å². The fourth-order valence-corrected chi connectivity index (χ4v) is 10.5. The first-order valence-corrected chi connectivity index (χ1v) is 15.9. The highest BCUT2D eigenvalue weighted by molar-refractivity contribution is 6.99. The van der Waals surface area contributed by atoms with Crippen molar-refractivity contribution in [2.75, 3.05) is 13.2 Å². The number of nitrogens with zero attached hydrogens (tertiary/aromatic N) is 1. The number of hydrogen-bond acceptors (Lipinski definition) is 3. The Morgan fingerprint density at radius 1 is 0.816 bits per heavy atom. The third-order valence-corrected chi connectivity index (χ3v) is 13.1.